The molecule has 5 heteroatoms. The molecule has 220 valence electrons. The van der Waals surface area contributed by atoms with Crippen molar-refractivity contribution in [2.24, 2.45) is 0 Å². The Morgan fingerprint density at radius 2 is 1.21 bits per heavy atom. The van der Waals surface area contributed by atoms with Crippen LogP contribution >= 0.6 is 0 Å². The van der Waals surface area contributed by atoms with Gasteiger partial charge in [0.1, 0.15) is 0 Å². The van der Waals surface area contributed by atoms with Crippen LogP contribution in [0.1, 0.15) is 112 Å². The first-order chi connectivity index (χ1) is 18.6. The Morgan fingerprint density at radius 3 is 1.69 bits per heavy atom. The predicted octanol–water partition coefficient (Wildman–Crippen LogP) is 8.33. The van der Waals surface area contributed by atoms with E-state index in [2.05, 4.69) is 82.1 Å². The van der Waals surface area contributed by atoms with Crippen LogP contribution in [-0.2, 0) is 4.79 Å². The largest absolute Gasteiger partial charge is 0.356 e. The fraction of sp³-hybridized carbons (Fsp3) is 0.647. The lowest BCUT2D eigenvalue weighted by molar-refractivity contribution is -0.121. The van der Waals surface area contributed by atoms with E-state index in [1.807, 2.05) is 11.9 Å². The lowest BCUT2D eigenvalue weighted by Crippen LogP contribution is -2.33. The van der Waals surface area contributed by atoms with Gasteiger partial charge in [-0.2, -0.15) is 0 Å². The number of likely N-dealkylation sites (N-methyl/N-ethyl adjacent to an activating group) is 1. The van der Waals surface area contributed by atoms with Crippen LogP contribution < -0.4 is 5.32 Å². The van der Waals surface area contributed by atoms with Crippen molar-refractivity contribution in [3.8, 4) is 0 Å². The van der Waals surface area contributed by atoms with Crippen molar-refractivity contribution < 1.29 is 4.79 Å². The van der Waals surface area contributed by atoms with Gasteiger partial charge in [0, 0.05) is 39.6 Å². The van der Waals surface area contributed by atoms with Gasteiger partial charge in [-0.15, -0.1) is 0 Å². The number of allylic oxidation sites excluding steroid dienone is 10. The van der Waals surface area contributed by atoms with Gasteiger partial charge in [0.25, 0.3) is 0 Å². The third-order valence-corrected chi connectivity index (χ3v) is 7.35. The Labute approximate surface area is 240 Å². The van der Waals surface area contributed by atoms with Crippen LogP contribution in [0.4, 0.5) is 0 Å². The van der Waals surface area contributed by atoms with Crippen molar-refractivity contribution in [1.82, 2.24) is 15.1 Å². The van der Waals surface area contributed by atoms with Crippen LogP contribution in [0, 0.1) is 5.41 Å². The van der Waals surface area contributed by atoms with Crippen LogP contribution in [0.25, 0.3) is 0 Å². The summed E-state index contributed by atoms with van der Waals surface area (Å²) < 4.78 is 0. The van der Waals surface area contributed by atoms with E-state index in [1.54, 1.807) is 0 Å². The summed E-state index contributed by atoms with van der Waals surface area (Å²) >= 11 is 0. The smallest absolute Gasteiger partial charge is 0.220 e. The number of nitrogens with zero attached hydrogens (tertiary/aromatic N) is 2. The molecule has 1 amide bonds. The summed E-state index contributed by atoms with van der Waals surface area (Å²) in [6.45, 7) is 16.6. The molecule has 1 aliphatic heterocycles. The summed E-state index contributed by atoms with van der Waals surface area (Å²) in [6.07, 6.45) is 23.1. The minimum Gasteiger partial charge on any atom is -0.356 e. The summed E-state index contributed by atoms with van der Waals surface area (Å²) in [5.74, 6) is 0.719. The molecule has 1 aliphatic rings. The molecule has 5 nitrogen and oxygen atoms in total. The molecule has 1 heterocycles. The van der Waals surface area contributed by atoms with Gasteiger partial charge in [-0.25, -0.2) is 0 Å². The maximum atomic E-state index is 12.2. The second-order valence-electron chi connectivity index (χ2n) is 11.6. The van der Waals surface area contributed by atoms with E-state index >= 15 is 0 Å². The second kappa shape index (κ2) is 20.4. The van der Waals surface area contributed by atoms with Crippen LogP contribution in [0.5, 0.6) is 0 Å². The average molecular weight is 539 g/mol. The number of amides is 1. The zero-order chi connectivity index (χ0) is 29.0. The van der Waals surface area contributed by atoms with Gasteiger partial charge in [-0.3, -0.25) is 10.2 Å². The number of carbonyl (C=O) groups excluding carboxylic acids is 1. The first kappa shape index (κ1) is 34.5. The number of unbranched alkanes of at least 4 members (excludes halogenated alkanes) is 1. The second-order valence-corrected chi connectivity index (χ2v) is 11.6. The molecule has 0 aromatic carbocycles. The third kappa shape index (κ3) is 17.6. The van der Waals surface area contributed by atoms with Crippen LogP contribution in [-0.4, -0.2) is 54.9 Å². The highest BCUT2D eigenvalue weighted by atomic mass is 16.1. The van der Waals surface area contributed by atoms with Crippen molar-refractivity contribution in [3.05, 3.63) is 58.2 Å². The number of guanidine groups is 1. The normalized spacial score (nSPS) is 15.3. The minimum absolute atomic E-state index is 0.126. The number of nitrogens with one attached hydrogen (secondary N) is 2. The van der Waals surface area contributed by atoms with Gasteiger partial charge in [-0.1, -0.05) is 58.2 Å². The fourth-order valence-corrected chi connectivity index (χ4v) is 4.59. The highest BCUT2D eigenvalue weighted by Gasteiger charge is 2.20. The molecule has 1 fully saturated rings. The maximum absolute atomic E-state index is 12.2. The predicted molar refractivity (Wildman–Crippen MR) is 170 cm³/mol. The lowest BCUT2D eigenvalue weighted by Gasteiger charge is -2.18. The summed E-state index contributed by atoms with van der Waals surface area (Å²) in [4.78, 5) is 16.2. The summed E-state index contributed by atoms with van der Waals surface area (Å²) in [5, 5.41) is 11.0. The zero-order valence-corrected chi connectivity index (χ0v) is 26.3. The molecule has 1 rings (SSSR count). The number of rotatable bonds is 19. The van der Waals surface area contributed by atoms with Gasteiger partial charge in [0.15, 0.2) is 5.96 Å². The quantitative estimate of drug-likeness (QED) is 0.128. The molecular formula is C34H58N4O. The van der Waals surface area contributed by atoms with Crippen molar-refractivity contribution in [2.75, 3.05) is 33.2 Å². The number of hydrogen-bond acceptors (Lipinski definition) is 2. The molecular weight excluding hydrogens is 480 g/mol. The Morgan fingerprint density at radius 1 is 0.718 bits per heavy atom. The Bertz CT molecular complexity index is 902. The molecule has 0 radical (unpaired) electrons. The van der Waals surface area contributed by atoms with E-state index in [4.69, 9.17) is 5.41 Å². The van der Waals surface area contributed by atoms with Crippen LogP contribution in [0.2, 0.25) is 0 Å². The zero-order valence-electron chi connectivity index (χ0n) is 26.3. The van der Waals surface area contributed by atoms with Crippen molar-refractivity contribution in [1.29, 1.82) is 5.41 Å². The number of carbonyl (C=O) groups is 1. The minimum atomic E-state index is 0.126. The highest BCUT2D eigenvalue weighted by molar-refractivity contribution is 5.78. The first-order valence-corrected chi connectivity index (χ1v) is 15.2. The molecule has 0 unspecified atom stereocenters. The topological polar surface area (TPSA) is 59.4 Å². The molecule has 0 aromatic rings. The lowest BCUT2D eigenvalue weighted by atomic mass is 10.0. The van der Waals surface area contributed by atoms with E-state index in [0.717, 1.165) is 77.4 Å². The highest BCUT2D eigenvalue weighted by Crippen LogP contribution is 2.14. The van der Waals surface area contributed by atoms with Crippen molar-refractivity contribution in [3.63, 3.8) is 0 Å². The molecule has 0 bridgehead atoms. The number of hydrogen-bond donors (Lipinski definition) is 2. The molecule has 0 aliphatic carbocycles. The Hall–Kier alpha value is -2.56. The average Bonchev–Trinajstić information content (AvgIpc) is 3.20. The molecule has 0 atom stereocenters. The SMILES string of the molecule is CC(C)=CCC/C(C)=C/CC/C(C)=C/CC/C=C(\C)CC/C=C(\C)CCC(=O)NCCCN1CCN(C)C1=N. The Kier molecular flexibility index (Phi) is 18.0. The summed E-state index contributed by atoms with van der Waals surface area (Å²) in [6, 6.07) is 0. The van der Waals surface area contributed by atoms with Gasteiger partial charge in [0.05, 0.1) is 0 Å². The summed E-state index contributed by atoms with van der Waals surface area (Å²) in [5.41, 5.74) is 7.16. The van der Waals surface area contributed by atoms with E-state index in [-0.39, 0.29) is 5.91 Å². The first-order valence-electron chi connectivity index (χ1n) is 15.2. The molecule has 1 saturated heterocycles. The summed E-state index contributed by atoms with van der Waals surface area (Å²) in [7, 11) is 1.95. The van der Waals surface area contributed by atoms with E-state index in [9.17, 15) is 4.79 Å². The van der Waals surface area contributed by atoms with E-state index in [0.29, 0.717) is 18.9 Å². The van der Waals surface area contributed by atoms with Gasteiger partial charge in [0.2, 0.25) is 5.91 Å². The monoisotopic (exact) mass is 538 g/mol. The fourth-order valence-electron chi connectivity index (χ4n) is 4.59. The Balaban J connectivity index is 2.14. The molecule has 0 aromatic heterocycles. The molecule has 39 heavy (non-hydrogen) atoms. The van der Waals surface area contributed by atoms with Crippen molar-refractivity contribution >= 4 is 11.9 Å². The van der Waals surface area contributed by atoms with Crippen LogP contribution in [0.3, 0.4) is 0 Å². The third-order valence-electron chi connectivity index (χ3n) is 7.35. The molecule has 0 spiro atoms. The standard InChI is InChI=1S/C34H58N4O/c1-28(2)14-10-17-31(5)20-11-18-29(3)15-8-9-16-30(4)19-12-21-32(6)22-23-33(39)36-24-13-25-38-27-26-37(7)34(38)35/h14-16,20-21,35H,8-13,17-19,22-27H2,1-7H3,(H,36,39)/b29-15+,30-16+,31-20+,32-21+,35-34?. The molecule has 2 N–H and O–H groups in total. The van der Waals surface area contributed by atoms with Gasteiger partial charge >= 0.3 is 0 Å². The molecule has 0 saturated carbocycles. The van der Waals surface area contributed by atoms with Crippen LogP contribution in [0.15, 0.2) is 58.2 Å². The van der Waals surface area contributed by atoms with Crippen molar-refractivity contribution in [2.45, 2.75) is 112 Å². The van der Waals surface area contributed by atoms with E-state index in [1.165, 1.54) is 34.3 Å². The maximum Gasteiger partial charge on any atom is 0.220 e. The van der Waals surface area contributed by atoms with E-state index < -0.39 is 0 Å². The van der Waals surface area contributed by atoms with Gasteiger partial charge < -0.3 is 15.1 Å². The van der Waals surface area contributed by atoms with Gasteiger partial charge in [-0.05, 0) is 106 Å².